The quantitative estimate of drug-likeness (QED) is 0.813. The van der Waals surface area contributed by atoms with E-state index in [1.54, 1.807) is 6.20 Å². The molecule has 6 nitrogen and oxygen atoms in total. The Balaban J connectivity index is 1.72. The van der Waals surface area contributed by atoms with Crippen molar-refractivity contribution in [1.29, 1.82) is 5.26 Å². The van der Waals surface area contributed by atoms with Gasteiger partial charge in [0.15, 0.2) is 0 Å². The number of H-pyrrole nitrogens is 1. The van der Waals surface area contributed by atoms with Gasteiger partial charge < -0.3 is 5.32 Å². The van der Waals surface area contributed by atoms with Crippen molar-refractivity contribution in [2.75, 3.05) is 5.32 Å². The van der Waals surface area contributed by atoms with Gasteiger partial charge in [-0.3, -0.25) is 0 Å². The Morgan fingerprint density at radius 3 is 2.74 bits per heavy atom. The summed E-state index contributed by atoms with van der Waals surface area (Å²) in [5.41, 5.74) is 2.65. The number of nitrogens with zero attached hydrogens (tertiary/aromatic N) is 4. The van der Waals surface area contributed by atoms with E-state index in [0.717, 1.165) is 11.6 Å². The van der Waals surface area contributed by atoms with Crippen LogP contribution in [-0.2, 0) is 0 Å². The van der Waals surface area contributed by atoms with Gasteiger partial charge in [-0.15, -0.1) is 10.2 Å². The molecule has 3 rings (SSSR count). The van der Waals surface area contributed by atoms with Crippen LogP contribution in [0.1, 0.15) is 30.1 Å². The number of benzene rings is 1. The van der Waals surface area contributed by atoms with Gasteiger partial charge in [-0.05, 0) is 41.7 Å². The number of allylic oxidation sites excluding steroid dienone is 1. The third-order valence-corrected chi connectivity index (χ3v) is 3.05. The van der Waals surface area contributed by atoms with E-state index in [1.165, 1.54) is 18.4 Å². The summed E-state index contributed by atoms with van der Waals surface area (Å²) in [5.74, 6) is 1.03. The van der Waals surface area contributed by atoms with E-state index in [2.05, 4.69) is 38.1 Å². The second-order valence-corrected chi connectivity index (χ2v) is 4.45. The Labute approximate surface area is 110 Å². The minimum Gasteiger partial charge on any atom is -0.360 e. The first-order chi connectivity index (χ1) is 9.36. The van der Waals surface area contributed by atoms with Crippen LogP contribution in [0.5, 0.6) is 0 Å². The Kier molecular flexibility index (Phi) is 2.94. The van der Waals surface area contributed by atoms with Crippen LogP contribution in [0.2, 0.25) is 0 Å². The molecule has 0 spiro atoms. The van der Waals surface area contributed by atoms with Gasteiger partial charge >= 0.3 is 0 Å². The summed E-state index contributed by atoms with van der Waals surface area (Å²) < 4.78 is 0. The number of anilines is 1. The molecule has 0 atom stereocenters. The van der Waals surface area contributed by atoms with Crippen molar-refractivity contribution in [1.82, 2.24) is 20.6 Å². The molecule has 0 saturated heterocycles. The second kappa shape index (κ2) is 4.90. The standard InChI is InChI=1S/C13H12N6/c14-7-11(13-16-18-19-17-13)8-15-12-5-3-10(4-6-12)9-1-2-9/h3-6,8-9,15H,1-2H2,(H,16,17,18,19). The number of rotatable bonds is 4. The van der Waals surface area contributed by atoms with Crippen molar-refractivity contribution in [2.24, 2.45) is 0 Å². The van der Waals surface area contributed by atoms with Gasteiger partial charge in [-0.2, -0.15) is 10.5 Å². The average molecular weight is 252 g/mol. The van der Waals surface area contributed by atoms with Gasteiger partial charge in [0.2, 0.25) is 5.82 Å². The first kappa shape index (κ1) is 11.4. The maximum atomic E-state index is 9.02. The van der Waals surface area contributed by atoms with Gasteiger partial charge in [0, 0.05) is 11.9 Å². The third kappa shape index (κ3) is 2.60. The summed E-state index contributed by atoms with van der Waals surface area (Å²) in [4.78, 5) is 0. The lowest BCUT2D eigenvalue weighted by Crippen LogP contribution is -1.93. The molecule has 2 N–H and O–H groups in total. The summed E-state index contributed by atoms with van der Waals surface area (Å²) in [6.07, 6.45) is 4.17. The predicted octanol–water partition coefficient (Wildman–Crippen LogP) is 2.05. The summed E-state index contributed by atoms with van der Waals surface area (Å²) in [6.45, 7) is 0. The smallest absolute Gasteiger partial charge is 0.216 e. The van der Waals surface area contributed by atoms with Gasteiger partial charge in [0.05, 0.1) is 0 Å². The van der Waals surface area contributed by atoms with Crippen molar-refractivity contribution in [3.63, 3.8) is 0 Å². The van der Waals surface area contributed by atoms with Crippen LogP contribution in [0.25, 0.3) is 5.57 Å². The van der Waals surface area contributed by atoms with Crippen LogP contribution in [-0.4, -0.2) is 20.6 Å². The van der Waals surface area contributed by atoms with Gasteiger partial charge in [-0.1, -0.05) is 12.1 Å². The van der Waals surface area contributed by atoms with Crippen molar-refractivity contribution in [3.8, 4) is 6.07 Å². The van der Waals surface area contributed by atoms with Gasteiger partial charge in [-0.25, -0.2) is 0 Å². The van der Waals surface area contributed by atoms with Crippen LogP contribution in [0.15, 0.2) is 30.5 Å². The molecular weight excluding hydrogens is 240 g/mol. The molecule has 1 aliphatic rings. The fourth-order valence-corrected chi connectivity index (χ4v) is 1.85. The number of hydrogen-bond donors (Lipinski definition) is 2. The Morgan fingerprint density at radius 2 is 2.16 bits per heavy atom. The van der Waals surface area contributed by atoms with Crippen LogP contribution < -0.4 is 5.32 Å². The highest BCUT2D eigenvalue weighted by Gasteiger charge is 2.22. The first-order valence-corrected chi connectivity index (χ1v) is 6.07. The molecule has 1 aromatic carbocycles. The van der Waals surface area contributed by atoms with Gasteiger partial charge in [0.25, 0.3) is 0 Å². The molecule has 1 saturated carbocycles. The zero-order valence-corrected chi connectivity index (χ0v) is 10.2. The lowest BCUT2D eigenvalue weighted by atomic mass is 10.1. The normalized spacial score (nSPS) is 15.0. The zero-order chi connectivity index (χ0) is 13.1. The number of nitrogens with one attached hydrogen (secondary N) is 2. The molecule has 19 heavy (non-hydrogen) atoms. The van der Waals surface area contributed by atoms with Crippen LogP contribution in [0.3, 0.4) is 0 Å². The monoisotopic (exact) mass is 252 g/mol. The molecule has 1 heterocycles. The van der Waals surface area contributed by atoms with E-state index in [4.69, 9.17) is 5.26 Å². The SMILES string of the molecule is N#CC(=CNc1ccc(C2CC2)cc1)c1nn[nH]n1. The third-order valence-electron chi connectivity index (χ3n) is 3.05. The molecule has 94 valence electrons. The van der Waals surface area contributed by atoms with Gasteiger partial charge in [0.1, 0.15) is 11.6 Å². The van der Waals surface area contributed by atoms with E-state index in [0.29, 0.717) is 5.57 Å². The molecule has 1 aliphatic carbocycles. The predicted molar refractivity (Wildman–Crippen MR) is 69.8 cm³/mol. The molecule has 6 heteroatoms. The summed E-state index contributed by atoms with van der Waals surface area (Å²) in [7, 11) is 0. The Morgan fingerprint density at radius 1 is 1.37 bits per heavy atom. The molecule has 1 fully saturated rings. The fourth-order valence-electron chi connectivity index (χ4n) is 1.85. The molecule has 0 aliphatic heterocycles. The summed E-state index contributed by atoms with van der Waals surface area (Å²) in [5, 5.41) is 25.4. The largest absolute Gasteiger partial charge is 0.360 e. The highest BCUT2D eigenvalue weighted by Crippen LogP contribution is 2.40. The summed E-state index contributed by atoms with van der Waals surface area (Å²) >= 11 is 0. The van der Waals surface area contributed by atoms with E-state index in [1.807, 2.05) is 18.2 Å². The zero-order valence-electron chi connectivity index (χ0n) is 10.2. The Bertz CT molecular complexity index is 616. The molecule has 0 amide bonds. The maximum Gasteiger partial charge on any atom is 0.216 e. The second-order valence-electron chi connectivity index (χ2n) is 4.45. The van der Waals surface area contributed by atoms with E-state index < -0.39 is 0 Å². The molecule has 2 aromatic rings. The fraction of sp³-hybridized carbons (Fsp3) is 0.231. The summed E-state index contributed by atoms with van der Waals surface area (Å²) in [6, 6.07) is 10.3. The molecule has 0 bridgehead atoms. The molecule has 0 radical (unpaired) electrons. The first-order valence-electron chi connectivity index (χ1n) is 6.07. The van der Waals surface area contributed by atoms with Crippen LogP contribution in [0.4, 0.5) is 5.69 Å². The lowest BCUT2D eigenvalue weighted by molar-refractivity contribution is 0.881. The van der Waals surface area contributed by atoms with Crippen molar-refractivity contribution in [3.05, 3.63) is 41.9 Å². The van der Waals surface area contributed by atoms with Crippen molar-refractivity contribution in [2.45, 2.75) is 18.8 Å². The minimum atomic E-state index is 0.282. The number of aromatic nitrogens is 4. The number of hydrogen-bond acceptors (Lipinski definition) is 5. The molecule has 1 aromatic heterocycles. The molecular formula is C13H12N6. The average Bonchev–Trinajstić information content (AvgIpc) is 3.16. The number of tetrazole rings is 1. The van der Waals surface area contributed by atoms with E-state index in [9.17, 15) is 0 Å². The van der Waals surface area contributed by atoms with Crippen LogP contribution in [0, 0.1) is 11.3 Å². The van der Waals surface area contributed by atoms with E-state index in [-0.39, 0.29) is 5.82 Å². The van der Waals surface area contributed by atoms with Crippen LogP contribution >= 0.6 is 0 Å². The van der Waals surface area contributed by atoms with E-state index >= 15 is 0 Å². The number of aromatic amines is 1. The topological polar surface area (TPSA) is 90.3 Å². The maximum absolute atomic E-state index is 9.02. The van der Waals surface area contributed by atoms with Crippen molar-refractivity contribution >= 4 is 11.3 Å². The number of nitriles is 1. The highest BCUT2D eigenvalue weighted by molar-refractivity contribution is 5.73. The Hall–Kier alpha value is -2.68. The molecule has 0 unspecified atom stereocenters. The van der Waals surface area contributed by atoms with Crippen molar-refractivity contribution < 1.29 is 0 Å². The highest BCUT2D eigenvalue weighted by atomic mass is 15.5. The minimum absolute atomic E-state index is 0.282. The lowest BCUT2D eigenvalue weighted by Gasteiger charge is -2.03.